The zero-order chi connectivity index (χ0) is 13.8. The molecule has 0 aliphatic rings. The van der Waals surface area contributed by atoms with Crippen LogP contribution in [0.1, 0.15) is 21.5 Å². The van der Waals surface area contributed by atoms with E-state index in [4.69, 9.17) is 17.3 Å². The number of hydrogen-bond acceptors (Lipinski definition) is 2. The molecule has 2 aromatic carbocycles. The predicted octanol–water partition coefficient (Wildman–Crippen LogP) is 3.36. The topological polar surface area (TPSA) is 55.1 Å². The third-order valence-electron chi connectivity index (χ3n) is 2.97. The van der Waals surface area contributed by atoms with Gasteiger partial charge in [0, 0.05) is 12.1 Å². The normalized spacial score (nSPS) is 10.2. The first-order valence-electron chi connectivity index (χ1n) is 5.95. The highest BCUT2D eigenvalue weighted by atomic mass is 35.5. The van der Waals surface area contributed by atoms with Gasteiger partial charge >= 0.3 is 0 Å². The Morgan fingerprint density at radius 2 is 2.00 bits per heavy atom. The van der Waals surface area contributed by atoms with Crippen molar-refractivity contribution in [2.45, 2.75) is 13.5 Å². The van der Waals surface area contributed by atoms with Crippen molar-refractivity contribution in [2.75, 3.05) is 5.32 Å². The van der Waals surface area contributed by atoms with Crippen LogP contribution in [0.25, 0.3) is 0 Å². The average Bonchev–Trinajstić information content (AvgIpc) is 2.39. The van der Waals surface area contributed by atoms with Crippen molar-refractivity contribution in [3.8, 4) is 0 Å². The minimum Gasteiger partial charge on any atom is -0.380 e. The minimum absolute atomic E-state index is 0.409. The summed E-state index contributed by atoms with van der Waals surface area (Å²) in [4.78, 5) is 11.1. The van der Waals surface area contributed by atoms with Crippen LogP contribution in [0.15, 0.2) is 42.5 Å². The molecular formula is C15H15ClN2O. The number of rotatable bonds is 4. The van der Waals surface area contributed by atoms with Gasteiger partial charge in [0.15, 0.2) is 0 Å². The van der Waals surface area contributed by atoms with Crippen molar-refractivity contribution < 1.29 is 4.79 Å². The molecule has 0 atom stereocenters. The molecule has 98 valence electrons. The number of aryl methyl sites for hydroxylation is 1. The van der Waals surface area contributed by atoms with Crippen molar-refractivity contribution >= 4 is 23.2 Å². The van der Waals surface area contributed by atoms with E-state index in [-0.39, 0.29) is 0 Å². The van der Waals surface area contributed by atoms with E-state index in [0.717, 1.165) is 16.8 Å². The summed E-state index contributed by atoms with van der Waals surface area (Å²) in [6.45, 7) is 2.60. The molecule has 0 radical (unpaired) electrons. The summed E-state index contributed by atoms with van der Waals surface area (Å²) in [5, 5.41) is 3.96. The number of amides is 1. The van der Waals surface area contributed by atoms with Crippen LogP contribution in [-0.4, -0.2) is 5.91 Å². The molecule has 0 aliphatic heterocycles. The lowest BCUT2D eigenvalue weighted by Gasteiger charge is -2.11. The molecule has 0 saturated heterocycles. The molecule has 3 N–H and O–H groups in total. The number of anilines is 1. The second-order valence-corrected chi connectivity index (χ2v) is 4.75. The van der Waals surface area contributed by atoms with Crippen LogP contribution >= 0.6 is 11.6 Å². The summed E-state index contributed by atoms with van der Waals surface area (Å²) in [7, 11) is 0. The zero-order valence-corrected chi connectivity index (χ0v) is 11.4. The molecule has 0 spiro atoms. The number of para-hydroxylation sites is 1. The fraction of sp³-hybridized carbons (Fsp3) is 0.133. The van der Waals surface area contributed by atoms with Gasteiger partial charge in [-0.1, -0.05) is 29.8 Å². The van der Waals surface area contributed by atoms with E-state index in [9.17, 15) is 4.79 Å². The Labute approximate surface area is 117 Å². The van der Waals surface area contributed by atoms with Crippen molar-refractivity contribution in [1.82, 2.24) is 0 Å². The van der Waals surface area contributed by atoms with Crippen LogP contribution < -0.4 is 11.1 Å². The molecule has 3 nitrogen and oxygen atoms in total. The van der Waals surface area contributed by atoms with Crippen molar-refractivity contribution in [3.63, 3.8) is 0 Å². The molecule has 1 amide bonds. The van der Waals surface area contributed by atoms with Gasteiger partial charge in [-0.3, -0.25) is 4.79 Å². The van der Waals surface area contributed by atoms with E-state index in [2.05, 4.69) is 5.32 Å². The quantitative estimate of drug-likeness (QED) is 0.898. The maximum atomic E-state index is 11.1. The van der Waals surface area contributed by atoms with Gasteiger partial charge in [0.05, 0.1) is 10.7 Å². The molecule has 2 aromatic rings. The Bertz CT molecular complexity index is 611. The summed E-state index contributed by atoms with van der Waals surface area (Å²) < 4.78 is 0. The van der Waals surface area contributed by atoms with Crippen molar-refractivity contribution in [2.24, 2.45) is 5.73 Å². The predicted molar refractivity (Wildman–Crippen MR) is 78.5 cm³/mol. The fourth-order valence-corrected chi connectivity index (χ4v) is 2.05. The molecule has 0 saturated carbocycles. The lowest BCUT2D eigenvalue weighted by atomic mass is 10.0. The maximum Gasteiger partial charge on any atom is 0.248 e. The lowest BCUT2D eigenvalue weighted by Crippen LogP contribution is -2.11. The molecule has 19 heavy (non-hydrogen) atoms. The van der Waals surface area contributed by atoms with E-state index in [1.807, 2.05) is 37.3 Å². The zero-order valence-electron chi connectivity index (χ0n) is 10.6. The van der Waals surface area contributed by atoms with Gasteiger partial charge in [0.25, 0.3) is 0 Å². The van der Waals surface area contributed by atoms with Gasteiger partial charge in [-0.2, -0.15) is 0 Å². The number of hydrogen-bond donors (Lipinski definition) is 2. The number of carbonyl (C=O) groups is 1. The van der Waals surface area contributed by atoms with E-state index in [1.165, 1.54) is 0 Å². The molecule has 0 aliphatic carbocycles. The Kier molecular flexibility index (Phi) is 4.07. The van der Waals surface area contributed by atoms with E-state index >= 15 is 0 Å². The van der Waals surface area contributed by atoms with Gasteiger partial charge in [-0.25, -0.2) is 0 Å². The summed E-state index contributed by atoms with van der Waals surface area (Å²) in [6.07, 6.45) is 0. The molecular weight excluding hydrogens is 260 g/mol. The van der Waals surface area contributed by atoms with E-state index in [1.54, 1.807) is 12.1 Å². The first kappa shape index (κ1) is 13.4. The van der Waals surface area contributed by atoms with Crippen LogP contribution in [-0.2, 0) is 6.54 Å². The van der Waals surface area contributed by atoms with E-state index in [0.29, 0.717) is 17.1 Å². The fourth-order valence-electron chi connectivity index (χ4n) is 1.84. The first-order chi connectivity index (χ1) is 9.08. The largest absolute Gasteiger partial charge is 0.380 e. The Balaban J connectivity index is 2.12. The molecule has 0 unspecified atom stereocenters. The number of carbonyl (C=O) groups excluding carboxylic acids is 1. The highest BCUT2D eigenvalue weighted by molar-refractivity contribution is 6.33. The van der Waals surface area contributed by atoms with Gasteiger partial charge < -0.3 is 11.1 Å². The second kappa shape index (κ2) is 5.76. The third kappa shape index (κ3) is 3.26. The van der Waals surface area contributed by atoms with Gasteiger partial charge in [-0.05, 0) is 42.3 Å². The molecule has 4 heteroatoms. The lowest BCUT2D eigenvalue weighted by molar-refractivity contribution is 0.1000. The third-order valence-corrected chi connectivity index (χ3v) is 3.30. The SMILES string of the molecule is Cc1cc(C(N)=O)ccc1CNc1ccccc1Cl. The number of primary amides is 1. The van der Waals surface area contributed by atoms with Gasteiger partial charge in [0.1, 0.15) is 0 Å². The summed E-state index contributed by atoms with van der Waals surface area (Å²) >= 11 is 6.07. The standard InChI is InChI=1S/C15H15ClN2O/c1-10-8-11(15(17)19)6-7-12(10)9-18-14-5-3-2-4-13(14)16/h2-8,18H,9H2,1H3,(H2,17,19). The van der Waals surface area contributed by atoms with Crippen LogP contribution in [0, 0.1) is 6.92 Å². The number of halogens is 1. The monoisotopic (exact) mass is 274 g/mol. The molecule has 0 fully saturated rings. The van der Waals surface area contributed by atoms with Crippen LogP contribution in [0.2, 0.25) is 5.02 Å². The molecule has 0 bridgehead atoms. The molecule has 0 heterocycles. The van der Waals surface area contributed by atoms with E-state index < -0.39 is 5.91 Å². The van der Waals surface area contributed by atoms with Crippen LogP contribution in [0.3, 0.4) is 0 Å². The number of benzene rings is 2. The Morgan fingerprint density at radius 3 is 2.63 bits per heavy atom. The Hall–Kier alpha value is -2.00. The molecule has 0 aromatic heterocycles. The summed E-state index contributed by atoms with van der Waals surface area (Å²) in [5.74, 6) is -0.409. The highest BCUT2D eigenvalue weighted by Gasteiger charge is 2.05. The average molecular weight is 275 g/mol. The number of nitrogens with two attached hydrogens (primary N) is 1. The summed E-state index contributed by atoms with van der Waals surface area (Å²) in [6, 6.07) is 13.0. The molecule has 2 rings (SSSR count). The van der Waals surface area contributed by atoms with Gasteiger partial charge in [-0.15, -0.1) is 0 Å². The minimum atomic E-state index is -0.409. The summed E-state index contributed by atoms with van der Waals surface area (Å²) in [5.41, 5.74) is 8.79. The van der Waals surface area contributed by atoms with Gasteiger partial charge in [0.2, 0.25) is 5.91 Å². The highest BCUT2D eigenvalue weighted by Crippen LogP contribution is 2.21. The first-order valence-corrected chi connectivity index (χ1v) is 6.33. The van der Waals surface area contributed by atoms with Crippen LogP contribution in [0.5, 0.6) is 0 Å². The second-order valence-electron chi connectivity index (χ2n) is 4.34. The number of nitrogens with one attached hydrogen (secondary N) is 1. The Morgan fingerprint density at radius 1 is 1.26 bits per heavy atom. The smallest absolute Gasteiger partial charge is 0.248 e. The van der Waals surface area contributed by atoms with Crippen molar-refractivity contribution in [3.05, 3.63) is 64.2 Å². The van der Waals surface area contributed by atoms with Crippen molar-refractivity contribution in [1.29, 1.82) is 0 Å². The maximum absolute atomic E-state index is 11.1. The van der Waals surface area contributed by atoms with Crippen LogP contribution in [0.4, 0.5) is 5.69 Å².